The molecule has 0 saturated heterocycles. The highest BCUT2D eigenvalue weighted by atomic mass is 19.1. The van der Waals surface area contributed by atoms with Gasteiger partial charge in [0.25, 0.3) is 0 Å². The van der Waals surface area contributed by atoms with Crippen molar-refractivity contribution in [2.45, 2.75) is 6.54 Å². The first-order valence-corrected chi connectivity index (χ1v) is 4.85. The first kappa shape index (κ1) is 10.8. The molecule has 2 rings (SSSR count). The second-order valence-electron chi connectivity index (χ2n) is 3.40. The van der Waals surface area contributed by atoms with Crippen LogP contribution >= 0.6 is 0 Å². The molecule has 0 unspecified atom stereocenters. The molecule has 1 aromatic carbocycles. The Hall–Kier alpha value is -1.75. The van der Waals surface area contributed by atoms with Gasteiger partial charge in [-0.15, -0.1) is 0 Å². The van der Waals surface area contributed by atoms with Crippen molar-refractivity contribution in [3.8, 4) is 11.3 Å². The summed E-state index contributed by atoms with van der Waals surface area (Å²) < 4.78 is 27.1. The fraction of sp³-hybridized carbons (Fsp3) is 0.182. The molecule has 2 N–H and O–H groups in total. The second-order valence-corrected chi connectivity index (χ2v) is 3.40. The lowest BCUT2D eigenvalue weighted by molar-refractivity contribution is 0.588. The number of hydrogen-bond donors (Lipinski definition) is 2. The molecule has 0 fully saturated rings. The van der Waals surface area contributed by atoms with Crippen molar-refractivity contribution >= 4 is 0 Å². The van der Waals surface area contributed by atoms with E-state index in [0.29, 0.717) is 12.2 Å². The maximum absolute atomic E-state index is 13.5. The van der Waals surface area contributed by atoms with Gasteiger partial charge in [0.2, 0.25) is 0 Å². The predicted molar refractivity (Wildman–Crippen MR) is 56.7 cm³/mol. The summed E-state index contributed by atoms with van der Waals surface area (Å²) in [5, 5.41) is 9.33. The first-order chi connectivity index (χ1) is 7.74. The van der Waals surface area contributed by atoms with Crippen LogP contribution in [-0.2, 0) is 6.54 Å². The standard InChI is InChI=1S/C11H11F2N3/c1-14-5-7-6-15-16-11(7)10-8(12)3-2-4-9(10)13/h2-4,6,14H,5H2,1H3,(H,15,16). The lowest BCUT2D eigenvalue weighted by atomic mass is 10.1. The highest BCUT2D eigenvalue weighted by Gasteiger charge is 2.15. The molecule has 0 aliphatic rings. The van der Waals surface area contributed by atoms with E-state index in [0.717, 1.165) is 5.56 Å². The van der Waals surface area contributed by atoms with E-state index in [1.54, 1.807) is 13.2 Å². The van der Waals surface area contributed by atoms with Gasteiger partial charge in [-0.2, -0.15) is 5.10 Å². The number of benzene rings is 1. The number of nitrogens with one attached hydrogen (secondary N) is 2. The fourth-order valence-corrected chi connectivity index (χ4v) is 1.59. The zero-order valence-corrected chi connectivity index (χ0v) is 8.72. The number of aromatic nitrogens is 2. The van der Waals surface area contributed by atoms with Gasteiger partial charge in [-0.25, -0.2) is 8.78 Å². The molecular weight excluding hydrogens is 212 g/mol. The molecule has 0 bridgehead atoms. The third-order valence-electron chi connectivity index (χ3n) is 2.30. The summed E-state index contributed by atoms with van der Waals surface area (Å²) >= 11 is 0. The van der Waals surface area contributed by atoms with Crippen molar-refractivity contribution in [2.24, 2.45) is 0 Å². The van der Waals surface area contributed by atoms with Gasteiger partial charge in [0.1, 0.15) is 11.6 Å². The molecule has 0 atom stereocenters. The van der Waals surface area contributed by atoms with E-state index in [1.807, 2.05) is 0 Å². The monoisotopic (exact) mass is 223 g/mol. The summed E-state index contributed by atoms with van der Waals surface area (Å²) in [6.45, 7) is 0.500. The number of aromatic amines is 1. The Balaban J connectivity index is 2.54. The third kappa shape index (κ3) is 1.81. The highest BCUT2D eigenvalue weighted by molar-refractivity contribution is 5.64. The van der Waals surface area contributed by atoms with Crippen LogP contribution in [0.25, 0.3) is 11.3 Å². The van der Waals surface area contributed by atoms with E-state index < -0.39 is 11.6 Å². The van der Waals surface area contributed by atoms with Crippen molar-refractivity contribution < 1.29 is 8.78 Å². The van der Waals surface area contributed by atoms with Gasteiger partial charge in [-0.3, -0.25) is 5.10 Å². The molecule has 2 aromatic rings. The van der Waals surface area contributed by atoms with Crippen LogP contribution in [0.5, 0.6) is 0 Å². The van der Waals surface area contributed by atoms with Crippen molar-refractivity contribution in [2.75, 3.05) is 7.05 Å². The van der Waals surface area contributed by atoms with Crippen LogP contribution in [0.3, 0.4) is 0 Å². The van der Waals surface area contributed by atoms with Crippen molar-refractivity contribution in [3.05, 3.63) is 41.6 Å². The van der Waals surface area contributed by atoms with E-state index in [-0.39, 0.29) is 5.56 Å². The van der Waals surface area contributed by atoms with Crippen molar-refractivity contribution in [1.82, 2.24) is 15.5 Å². The summed E-state index contributed by atoms with van der Waals surface area (Å²) in [5.41, 5.74) is 1.04. The lowest BCUT2D eigenvalue weighted by Gasteiger charge is -2.05. The molecule has 16 heavy (non-hydrogen) atoms. The van der Waals surface area contributed by atoms with Gasteiger partial charge >= 0.3 is 0 Å². The molecule has 5 heteroatoms. The Kier molecular flexibility index (Phi) is 2.96. The number of halogens is 2. The molecule has 0 spiro atoms. The van der Waals surface area contributed by atoms with Crippen LogP contribution < -0.4 is 5.32 Å². The number of hydrogen-bond acceptors (Lipinski definition) is 2. The lowest BCUT2D eigenvalue weighted by Crippen LogP contribution is -2.06. The molecule has 0 radical (unpaired) electrons. The first-order valence-electron chi connectivity index (χ1n) is 4.85. The molecule has 1 aromatic heterocycles. The summed E-state index contributed by atoms with van der Waals surface area (Å²) in [4.78, 5) is 0. The summed E-state index contributed by atoms with van der Waals surface area (Å²) in [6, 6.07) is 3.78. The third-order valence-corrected chi connectivity index (χ3v) is 2.30. The Morgan fingerprint density at radius 3 is 2.62 bits per heavy atom. The SMILES string of the molecule is CNCc1cn[nH]c1-c1c(F)cccc1F. The Morgan fingerprint density at radius 2 is 2.00 bits per heavy atom. The molecule has 0 amide bonds. The quantitative estimate of drug-likeness (QED) is 0.836. The van der Waals surface area contributed by atoms with Crippen LogP contribution in [-0.4, -0.2) is 17.2 Å². The molecule has 0 aliphatic heterocycles. The molecule has 0 aliphatic carbocycles. The Morgan fingerprint density at radius 1 is 1.31 bits per heavy atom. The van der Waals surface area contributed by atoms with E-state index in [2.05, 4.69) is 15.5 Å². The minimum Gasteiger partial charge on any atom is -0.316 e. The molecular formula is C11H11F2N3. The van der Waals surface area contributed by atoms with Gasteiger partial charge in [0.15, 0.2) is 0 Å². The predicted octanol–water partition coefficient (Wildman–Crippen LogP) is 2.07. The largest absolute Gasteiger partial charge is 0.316 e. The number of H-pyrrole nitrogens is 1. The smallest absolute Gasteiger partial charge is 0.135 e. The Labute approximate surface area is 91.5 Å². The van der Waals surface area contributed by atoms with E-state index in [9.17, 15) is 8.78 Å². The summed E-state index contributed by atoms with van der Waals surface area (Å²) in [5.74, 6) is -1.19. The summed E-state index contributed by atoms with van der Waals surface area (Å²) in [6.07, 6.45) is 1.55. The van der Waals surface area contributed by atoms with Gasteiger partial charge in [-0.1, -0.05) is 6.07 Å². The number of nitrogens with zero attached hydrogens (tertiary/aromatic N) is 1. The normalized spacial score (nSPS) is 10.7. The van der Waals surface area contributed by atoms with E-state index in [1.165, 1.54) is 18.2 Å². The average molecular weight is 223 g/mol. The molecule has 1 heterocycles. The fourth-order valence-electron chi connectivity index (χ4n) is 1.59. The van der Waals surface area contributed by atoms with Gasteiger partial charge in [0.05, 0.1) is 17.5 Å². The zero-order chi connectivity index (χ0) is 11.5. The van der Waals surface area contributed by atoms with Crippen LogP contribution in [0.15, 0.2) is 24.4 Å². The minimum absolute atomic E-state index is 0.0646. The topological polar surface area (TPSA) is 40.7 Å². The van der Waals surface area contributed by atoms with Gasteiger partial charge in [0, 0.05) is 12.1 Å². The van der Waals surface area contributed by atoms with Gasteiger partial charge in [-0.05, 0) is 19.2 Å². The van der Waals surface area contributed by atoms with Crippen molar-refractivity contribution in [3.63, 3.8) is 0 Å². The summed E-state index contributed by atoms with van der Waals surface area (Å²) in [7, 11) is 1.76. The van der Waals surface area contributed by atoms with Crippen LogP contribution in [0.2, 0.25) is 0 Å². The maximum atomic E-state index is 13.5. The molecule has 0 saturated carbocycles. The van der Waals surface area contributed by atoms with Crippen LogP contribution in [0.1, 0.15) is 5.56 Å². The molecule has 84 valence electrons. The Bertz CT molecular complexity index is 473. The highest BCUT2D eigenvalue weighted by Crippen LogP contribution is 2.26. The van der Waals surface area contributed by atoms with Gasteiger partial charge < -0.3 is 5.32 Å². The second kappa shape index (κ2) is 4.40. The number of rotatable bonds is 3. The minimum atomic E-state index is -0.596. The average Bonchev–Trinajstić information content (AvgIpc) is 2.67. The maximum Gasteiger partial charge on any atom is 0.135 e. The zero-order valence-electron chi connectivity index (χ0n) is 8.72. The van der Waals surface area contributed by atoms with E-state index >= 15 is 0 Å². The molecule has 3 nitrogen and oxygen atoms in total. The van der Waals surface area contributed by atoms with Crippen LogP contribution in [0.4, 0.5) is 8.78 Å². The van der Waals surface area contributed by atoms with E-state index in [4.69, 9.17) is 0 Å². The van der Waals surface area contributed by atoms with Crippen molar-refractivity contribution in [1.29, 1.82) is 0 Å². The van der Waals surface area contributed by atoms with Crippen LogP contribution in [0, 0.1) is 11.6 Å².